The lowest BCUT2D eigenvalue weighted by molar-refractivity contribution is -0.393. The van der Waals surface area contributed by atoms with Crippen LogP contribution in [0, 0.1) is 20.2 Å². The molecule has 0 heterocycles. The second kappa shape index (κ2) is 8.09. The lowest BCUT2D eigenvalue weighted by Crippen LogP contribution is -2.40. The zero-order valence-electron chi connectivity index (χ0n) is 11.5. The van der Waals surface area contributed by atoms with Crippen molar-refractivity contribution in [2.24, 2.45) is 5.10 Å². The largest absolute Gasteiger partial charge is 0.394 e. The summed E-state index contributed by atoms with van der Waals surface area (Å²) in [4.78, 5) is 19.8. The molecule has 0 unspecified atom stereocenters. The van der Waals surface area contributed by atoms with E-state index in [4.69, 9.17) is 10.2 Å². The third kappa shape index (κ3) is 4.93. The molecule has 0 saturated carbocycles. The molecule has 0 aliphatic carbocycles. The first-order valence-corrected chi connectivity index (χ1v) is 6.15. The highest BCUT2D eigenvalue weighted by atomic mass is 16.6. The molecule has 1 aromatic rings. The van der Waals surface area contributed by atoms with Gasteiger partial charge in [0.15, 0.2) is 0 Å². The van der Waals surface area contributed by atoms with E-state index in [0.29, 0.717) is 0 Å². The highest BCUT2D eigenvalue weighted by Gasteiger charge is 2.23. The van der Waals surface area contributed by atoms with E-state index >= 15 is 0 Å². The minimum Gasteiger partial charge on any atom is -0.394 e. The van der Waals surface area contributed by atoms with E-state index < -0.39 is 46.1 Å². The predicted molar refractivity (Wildman–Crippen MR) is 77.0 cm³/mol. The van der Waals surface area contributed by atoms with Crippen molar-refractivity contribution in [3.8, 4) is 0 Å². The number of non-ortho nitro benzene ring substituents is 1. The number of hydrogen-bond donors (Lipinski definition) is 5. The van der Waals surface area contributed by atoms with Gasteiger partial charge in [0, 0.05) is 6.07 Å². The molecular weight excluding hydrogens is 316 g/mol. The fraction of sp³-hybridized carbons (Fsp3) is 0.364. The number of nitrogens with zero attached hydrogens (tertiary/aromatic N) is 3. The van der Waals surface area contributed by atoms with Crippen LogP contribution in [0.1, 0.15) is 0 Å². The Morgan fingerprint density at radius 1 is 1.22 bits per heavy atom. The number of nitrogens with one attached hydrogen (secondary N) is 1. The summed E-state index contributed by atoms with van der Waals surface area (Å²) in [6.45, 7) is -0.784. The van der Waals surface area contributed by atoms with Crippen LogP contribution in [-0.4, -0.2) is 61.4 Å². The Balaban J connectivity index is 2.87. The highest BCUT2D eigenvalue weighted by molar-refractivity contribution is 5.69. The van der Waals surface area contributed by atoms with E-state index in [1.165, 1.54) is 0 Å². The molecule has 0 saturated heterocycles. The first-order chi connectivity index (χ1) is 10.8. The molecule has 23 heavy (non-hydrogen) atoms. The van der Waals surface area contributed by atoms with Crippen molar-refractivity contribution in [1.82, 2.24) is 0 Å². The van der Waals surface area contributed by atoms with Crippen LogP contribution in [0.25, 0.3) is 0 Å². The average Bonchev–Trinajstić information content (AvgIpc) is 2.52. The highest BCUT2D eigenvalue weighted by Crippen LogP contribution is 2.28. The Hall–Kier alpha value is -2.67. The van der Waals surface area contributed by atoms with Crippen molar-refractivity contribution in [2.45, 2.75) is 18.3 Å². The maximum Gasteiger partial charge on any atom is 0.301 e. The number of benzene rings is 1. The van der Waals surface area contributed by atoms with E-state index in [9.17, 15) is 30.4 Å². The van der Waals surface area contributed by atoms with Gasteiger partial charge in [0.05, 0.1) is 28.7 Å². The quantitative estimate of drug-likeness (QED) is 0.225. The molecule has 0 fully saturated rings. The van der Waals surface area contributed by atoms with Crippen LogP contribution >= 0.6 is 0 Å². The molecule has 0 spiro atoms. The standard InChI is InChI=1S/C11H14N4O8/c16-5-10(18)11(19)9(17)4-12-13-7-2-1-6(14(20)21)3-8(7)15(22)23/h1-4,9-11,13,16-19H,5H2/b12-4+/t9-,10+,11-/m0/s1. The normalized spacial score (nSPS) is 15.1. The molecule has 0 aliphatic rings. The van der Waals surface area contributed by atoms with Crippen molar-refractivity contribution >= 4 is 23.3 Å². The minimum atomic E-state index is -1.71. The monoisotopic (exact) mass is 330 g/mol. The number of hydrazone groups is 1. The van der Waals surface area contributed by atoms with Crippen LogP contribution in [0.2, 0.25) is 0 Å². The Bertz CT molecular complexity index is 608. The maximum atomic E-state index is 10.9. The Labute approximate surface area is 128 Å². The zero-order chi connectivity index (χ0) is 17.6. The predicted octanol–water partition coefficient (Wildman–Crippen LogP) is -1.02. The van der Waals surface area contributed by atoms with E-state index in [1.54, 1.807) is 0 Å². The zero-order valence-corrected chi connectivity index (χ0v) is 11.5. The molecule has 3 atom stereocenters. The van der Waals surface area contributed by atoms with Gasteiger partial charge in [-0.05, 0) is 6.07 Å². The lowest BCUT2D eigenvalue weighted by atomic mass is 10.1. The van der Waals surface area contributed by atoms with E-state index in [2.05, 4.69) is 10.5 Å². The number of anilines is 1. The molecule has 1 rings (SSSR count). The van der Waals surface area contributed by atoms with Crippen molar-refractivity contribution in [2.75, 3.05) is 12.0 Å². The summed E-state index contributed by atoms with van der Waals surface area (Å²) in [5.74, 6) is 0. The van der Waals surface area contributed by atoms with Crippen molar-refractivity contribution in [3.63, 3.8) is 0 Å². The van der Waals surface area contributed by atoms with E-state index in [1.807, 2.05) is 0 Å². The van der Waals surface area contributed by atoms with Crippen LogP contribution in [0.4, 0.5) is 17.1 Å². The van der Waals surface area contributed by atoms with Gasteiger partial charge in [-0.2, -0.15) is 5.10 Å². The van der Waals surface area contributed by atoms with E-state index in [-0.39, 0.29) is 5.69 Å². The van der Waals surface area contributed by atoms with Crippen molar-refractivity contribution in [1.29, 1.82) is 0 Å². The first-order valence-electron chi connectivity index (χ1n) is 6.15. The second-order valence-electron chi connectivity index (χ2n) is 4.34. The number of aliphatic hydroxyl groups excluding tert-OH is 4. The molecule has 5 N–H and O–H groups in total. The number of nitro groups is 2. The Kier molecular flexibility index (Phi) is 6.47. The topological polar surface area (TPSA) is 192 Å². The van der Waals surface area contributed by atoms with Crippen LogP contribution in [0.5, 0.6) is 0 Å². The fourth-order valence-corrected chi connectivity index (χ4v) is 1.49. The maximum absolute atomic E-state index is 10.9. The summed E-state index contributed by atoms with van der Waals surface area (Å²) in [6, 6.07) is 2.81. The van der Waals surface area contributed by atoms with Gasteiger partial charge in [0.25, 0.3) is 5.69 Å². The lowest BCUT2D eigenvalue weighted by Gasteiger charge is -2.18. The van der Waals surface area contributed by atoms with Gasteiger partial charge in [-0.15, -0.1) is 0 Å². The van der Waals surface area contributed by atoms with Crippen molar-refractivity contribution < 1.29 is 30.3 Å². The van der Waals surface area contributed by atoms with Gasteiger partial charge < -0.3 is 20.4 Å². The number of nitro benzene ring substituents is 2. The van der Waals surface area contributed by atoms with Gasteiger partial charge in [0.2, 0.25) is 0 Å². The van der Waals surface area contributed by atoms with Gasteiger partial charge >= 0.3 is 5.69 Å². The molecule has 12 nitrogen and oxygen atoms in total. The summed E-state index contributed by atoms with van der Waals surface area (Å²) in [5.41, 5.74) is 0.926. The molecule has 126 valence electrons. The first kappa shape index (κ1) is 18.4. The van der Waals surface area contributed by atoms with Gasteiger partial charge in [0.1, 0.15) is 24.0 Å². The molecule has 1 aromatic carbocycles. The molecule has 0 aliphatic heterocycles. The molecule has 12 heteroatoms. The minimum absolute atomic E-state index is 0.179. The van der Waals surface area contributed by atoms with Crippen LogP contribution in [0.15, 0.2) is 23.3 Å². The summed E-state index contributed by atoms with van der Waals surface area (Å²) in [6.07, 6.45) is -4.21. The Morgan fingerprint density at radius 3 is 2.39 bits per heavy atom. The van der Waals surface area contributed by atoms with Crippen LogP contribution in [-0.2, 0) is 0 Å². The average molecular weight is 330 g/mol. The fourth-order valence-electron chi connectivity index (χ4n) is 1.49. The SMILES string of the molecule is O=[N+]([O-])c1ccc(N/N=C/[C@H](O)[C@H](O)[C@H](O)CO)c([N+](=O)[O-])c1. The van der Waals surface area contributed by atoms with Gasteiger partial charge in [-0.1, -0.05) is 0 Å². The molecule has 0 amide bonds. The summed E-state index contributed by atoms with van der Waals surface area (Å²) in [7, 11) is 0. The smallest absolute Gasteiger partial charge is 0.301 e. The number of aliphatic hydroxyl groups is 4. The summed E-state index contributed by atoms with van der Waals surface area (Å²) >= 11 is 0. The Morgan fingerprint density at radius 2 is 1.87 bits per heavy atom. The third-order valence-electron chi connectivity index (χ3n) is 2.73. The van der Waals surface area contributed by atoms with E-state index in [0.717, 1.165) is 24.4 Å². The van der Waals surface area contributed by atoms with Gasteiger partial charge in [-0.3, -0.25) is 25.7 Å². The molecule has 0 aromatic heterocycles. The molecular formula is C11H14N4O8. The van der Waals surface area contributed by atoms with Gasteiger partial charge in [-0.25, -0.2) is 0 Å². The van der Waals surface area contributed by atoms with Crippen molar-refractivity contribution in [3.05, 3.63) is 38.4 Å². The summed E-state index contributed by atoms with van der Waals surface area (Å²) < 4.78 is 0. The molecule has 0 radical (unpaired) electrons. The number of hydrogen-bond acceptors (Lipinski definition) is 10. The summed E-state index contributed by atoms with van der Waals surface area (Å²) in [5, 5.41) is 61.5. The molecule has 0 bridgehead atoms. The second-order valence-corrected chi connectivity index (χ2v) is 4.34. The number of rotatable bonds is 8. The third-order valence-corrected chi connectivity index (χ3v) is 2.73. The van der Waals surface area contributed by atoms with Crippen LogP contribution in [0.3, 0.4) is 0 Å². The van der Waals surface area contributed by atoms with Crippen LogP contribution < -0.4 is 5.43 Å².